The van der Waals surface area contributed by atoms with Gasteiger partial charge in [0.15, 0.2) is 5.78 Å². The molecule has 6 aromatic rings. The Labute approximate surface area is 250 Å². The van der Waals surface area contributed by atoms with E-state index < -0.39 is 12.0 Å². The number of hydrogen-bond acceptors (Lipinski definition) is 5. The topological polar surface area (TPSA) is 69.6 Å². The summed E-state index contributed by atoms with van der Waals surface area (Å²) in [6.45, 7) is 1.23. The first-order valence-electron chi connectivity index (χ1n) is 14.3. The number of esters is 1. The Kier molecular flexibility index (Phi) is 8.18. The molecule has 1 heterocycles. The SMILES string of the molecule is COC(=O)C(Cc1ccc(OCCn2c3ccccc3c3ccccc32)cc1)Nc1ccccc1C(=O)c1ccccc1. The molecule has 0 bridgehead atoms. The Balaban J connectivity index is 1.13. The Morgan fingerprint density at radius 1 is 0.721 bits per heavy atom. The fourth-order valence-corrected chi connectivity index (χ4v) is 5.53. The number of ether oxygens (including phenoxy) is 2. The van der Waals surface area contributed by atoms with Gasteiger partial charge in [0.1, 0.15) is 18.4 Å². The predicted molar refractivity (Wildman–Crippen MR) is 171 cm³/mol. The zero-order chi connectivity index (χ0) is 29.6. The zero-order valence-electron chi connectivity index (χ0n) is 23.9. The molecule has 1 N–H and O–H groups in total. The van der Waals surface area contributed by atoms with Crippen LogP contribution in [0.2, 0.25) is 0 Å². The first kappa shape index (κ1) is 27.8. The smallest absolute Gasteiger partial charge is 0.328 e. The molecule has 1 atom stereocenters. The molecular weight excluding hydrogens is 536 g/mol. The molecule has 0 radical (unpaired) electrons. The molecule has 0 saturated heterocycles. The lowest BCUT2D eigenvalue weighted by Gasteiger charge is -2.20. The largest absolute Gasteiger partial charge is 0.492 e. The number of rotatable bonds is 11. The minimum Gasteiger partial charge on any atom is -0.492 e. The average Bonchev–Trinajstić information content (AvgIpc) is 3.38. The van der Waals surface area contributed by atoms with Gasteiger partial charge in [0, 0.05) is 45.0 Å². The van der Waals surface area contributed by atoms with E-state index in [1.165, 1.54) is 28.9 Å². The maximum absolute atomic E-state index is 13.2. The van der Waals surface area contributed by atoms with Gasteiger partial charge in [-0.15, -0.1) is 0 Å². The molecule has 1 aromatic heterocycles. The molecule has 5 aromatic carbocycles. The number of anilines is 1. The summed E-state index contributed by atoms with van der Waals surface area (Å²) in [7, 11) is 1.37. The van der Waals surface area contributed by atoms with Gasteiger partial charge in [-0.25, -0.2) is 4.79 Å². The molecule has 1 unspecified atom stereocenters. The van der Waals surface area contributed by atoms with Crippen LogP contribution in [-0.2, 0) is 22.5 Å². The summed E-state index contributed by atoms with van der Waals surface area (Å²) in [5, 5.41) is 5.74. The highest BCUT2D eigenvalue weighted by molar-refractivity contribution is 6.12. The molecule has 0 saturated carbocycles. The van der Waals surface area contributed by atoms with E-state index in [-0.39, 0.29) is 5.78 Å². The van der Waals surface area contributed by atoms with Crippen molar-refractivity contribution in [3.63, 3.8) is 0 Å². The summed E-state index contributed by atoms with van der Waals surface area (Å²) in [4.78, 5) is 26.0. The molecule has 0 aliphatic heterocycles. The maximum atomic E-state index is 13.2. The molecule has 0 amide bonds. The molecule has 0 aliphatic carbocycles. The lowest BCUT2D eigenvalue weighted by Crippen LogP contribution is -2.33. The third-order valence-electron chi connectivity index (χ3n) is 7.65. The van der Waals surface area contributed by atoms with E-state index in [9.17, 15) is 9.59 Å². The van der Waals surface area contributed by atoms with Crippen molar-refractivity contribution in [3.05, 3.63) is 144 Å². The number of carbonyl (C=O) groups excluding carboxylic acids is 2. The van der Waals surface area contributed by atoms with E-state index in [4.69, 9.17) is 9.47 Å². The van der Waals surface area contributed by atoms with E-state index in [1.54, 1.807) is 24.3 Å². The summed E-state index contributed by atoms with van der Waals surface area (Å²) < 4.78 is 13.5. The van der Waals surface area contributed by atoms with Crippen LogP contribution in [0, 0.1) is 0 Å². The first-order valence-corrected chi connectivity index (χ1v) is 14.3. The van der Waals surface area contributed by atoms with E-state index in [0.29, 0.717) is 36.4 Å². The number of methoxy groups -OCH3 is 1. The summed E-state index contributed by atoms with van der Waals surface area (Å²) in [5.41, 5.74) is 4.98. The van der Waals surface area contributed by atoms with Gasteiger partial charge in [0.2, 0.25) is 0 Å². The van der Waals surface area contributed by atoms with Gasteiger partial charge in [0.25, 0.3) is 0 Å². The van der Waals surface area contributed by atoms with Crippen molar-refractivity contribution < 1.29 is 19.1 Å². The Morgan fingerprint density at radius 3 is 2.00 bits per heavy atom. The Morgan fingerprint density at radius 2 is 1.33 bits per heavy atom. The highest BCUT2D eigenvalue weighted by Crippen LogP contribution is 2.29. The van der Waals surface area contributed by atoms with Crippen LogP contribution >= 0.6 is 0 Å². The van der Waals surface area contributed by atoms with Crippen molar-refractivity contribution in [1.29, 1.82) is 0 Å². The molecule has 0 fully saturated rings. The lowest BCUT2D eigenvalue weighted by atomic mass is 10.00. The number of hydrogen-bond donors (Lipinski definition) is 1. The molecule has 6 heteroatoms. The van der Waals surface area contributed by atoms with Crippen LogP contribution in [0.5, 0.6) is 5.75 Å². The third-order valence-corrected chi connectivity index (χ3v) is 7.65. The van der Waals surface area contributed by atoms with Crippen molar-refractivity contribution in [2.75, 3.05) is 19.0 Å². The van der Waals surface area contributed by atoms with Gasteiger partial charge < -0.3 is 19.4 Å². The Bertz CT molecular complexity index is 1820. The van der Waals surface area contributed by atoms with Crippen LogP contribution in [0.1, 0.15) is 21.5 Å². The standard InChI is InChI=1S/C37H32N2O4/c1-42-37(41)33(38-32-16-8-5-15-31(32)36(40)27-11-3-2-4-12-27)25-26-19-21-28(22-20-26)43-24-23-39-34-17-9-6-13-29(34)30-14-7-10-18-35(30)39/h2-22,33,38H,23-25H2,1H3. The molecular formula is C37H32N2O4. The van der Waals surface area contributed by atoms with Crippen LogP contribution in [0.4, 0.5) is 5.69 Å². The van der Waals surface area contributed by atoms with Crippen molar-refractivity contribution in [3.8, 4) is 5.75 Å². The van der Waals surface area contributed by atoms with E-state index >= 15 is 0 Å². The number of ketones is 1. The number of nitrogens with zero attached hydrogens (tertiary/aromatic N) is 1. The normalized spacial score (nSPS) is 11.7. The summed E-state index contributed by atoms with van der Waals surface area (Å²) in [5.74, 6) is 0.231. The van der Waals surface area contributed by atoms with Crippen molar-refractivity contribution in [1.82, 2.24) is 4.57 Å². The molecule has 214 valence electrons. The molecule has 6 rings (SSSR count). The minimum atomic E-state index is -0.684. The van der Waals surface area contributed by atoms with Gasteiger partial charge in [-0.1, -0.05) is 91.0 Å². The Hall–Kier alpha value is -5.36. The average molecular weight is 569 g/mol. The molecule has 6 nitrogen and oxygen atoms in total. The van der Waals surface area contributed by atoms with Crippen LogP contribution in [-0.4, -0.2) is 36.1 Å². The van der Waals surface area contributed by atoms with Crippen LogP contribution in [0.15, 0.2) is 127 Å². The second kappa shape index (κ2) is 12.7. The van der Waals surface area contributed by atoms with E-state index in [1.807, 2.05) is 54.6 Å². The lowest BCUT2D eigenvalue weighted by molar-refractivity contribution is -0.141. The predicted octanol–water partition coefficient (Wildman–Crippen LogP) is 7.30. The van der Waals surface area contributed by atoms with Gasteiger partial charge in [0.05, 0.1) is 13.7 Å². The minimum absolute atomic E-state index is 0.116. The molecule has 0 spiro atoms. The quantitative estimate of drug-likeness (QED) is 0.131. The van der Waals surface area contributed by atoms with Crippen molar-refractivity contribution >= 4 is 39.2 Å². The number of aromatic nitrogens is 1. The highest BCUT2D eigenvalue weighted by Gasteiger charge is 2.22. The van der Waals surface area contributed by atoms with E-state index in [0.717, 1.165) is 11.3 Å². The van der Waals surface area contributed by atoms with Crippen molar-refractivity contribution in [2.24, 2.45) is 0 Å². The van der Waals surface area contributed by atoms with Gasteiger partial charge >= 0.3 is 5.97 Å². The summed E-state index contributed by atoms with van der Waals surface area (Å²) in [6, 6.07) is 40.2. The monoisotopic (exact) mass is 568 g/mol. The van der Waals surface area contributed by atoms with Crippen LogP contribution < -0.4 is 10.1 Å². The van der Waals surface area contributed by atoms with E-state index in [2.05, 4.69) is 58.4 Å². The first-order chi connectivity index (χ1) is 21.1. The van der Waals surface area contributed by atoms with Gasteiger partial charge in [-0.3, -0.25) is 4.79 Å². The van der Waals surface area contributed by atoms with Gasteiger partial charge in [-0.05, 0) is 42.0 Å². The number of carbonyl (C=O) groups is 2. The number of para-hydroxylation sites is 3. The van der Waals surface area contributed by atoms with Crippen LogP contribution in [0.25, 0.3) is 21.8 Å². The van der Waals surface area contributed by atoms with Crippen LogP contribution in [0.3, 0.4) is 0 Å². The highest BCUT2D eigenvalue weighted by atomic mass is 16.5. The second-order valence-electron chi connectivity index (χ2n) is 10.3. The molecule has 43 heavy (non-hydrogen) atoms. The second-order valence-corrected chi connectivity index (χ2v) is 10.3. The molecule has 0 aliphatic rings. The number of fused-ring (bicyclic) bond motifs is 3. The maximum Gasteiger partial charge on any atom is 0.328 e. The van der Waals surface area contributed by atoms with Gasteiger partial charge in [-0.2, -0.15) is 0 Å². The summed E-state index contributed by atoms with van der Waals surface area (Å²) in [6.07, 6.45) is 0.377. The zero-order valence-corrected chi connectivity index (χ0v) is 23.9. The number of nitrogens with one attached hydrogen (secondary N) is 1. The fraction of sp³-hybridized carbons (Fsp3) is 0.135. The van der Waals surface area contributed by atoms with Crippen molar-refractivity contribution in [2.45, 2.75) is 19.0 Å². The fourth-order valence-electron chi connectivity index (χ4n) is 5.53. The summed E-state index contributed by atoms with van der Waals surface area (Å²) >= 11 is 0. The third kappa shape index (κ3) is 5.99. The number of benzene rings is 5.